The minimum atomic E-state index is -1.89. The molecule has 94 valence electrons. The lowest BCUT2D eigenvalue weighted by Crippen LogP contribution is -2.36. The van der Waals surface area contributed by atoms with Crippen LogP contribution in [0.15, 0.2) is 24.3 Å². The zero-order chi connectivity index (χ0) is 13.3. The van der Waals surface area contributed by atoms with Crippen molar-refractivity contribution in [3.63, 3.8) is 0 Å². The van der Waals surface area contributed by atoms with Gasteiger partial charge in [-0.25, -0.2) is 4.79 Å². The number of halogens is 1. The van der Waals surface area contributed by atoms with E-state index >= 15 is 0 Å². The highest BCUT2D eigenvalue weighted by molar-refractivity contribution is 7.26. The molecule has 0 aliphatic carbocycles. The molecule has 17 heavy (non-hydrogen) atoms. The van der Waals surface area contributed by atoms with E-state index in [0.717, 1.165) is 5.19 Å². The molecule has 0 unspecified atom stereocenters. The highest BCUT2D eigenvalue weighted by atomic mass is 35.6. The number of benzene rings is 1. The lowest BCUT2D eigenvalue weighted by atomic mass is 10.2. The highest BCUT2D eigenvalue weighted by Gasteiger charge is 2.24. The van der Waals surface area contributed by atoms with E-state index in [0.29, 0.717) is 5.56 Å². The summed E-state index contributed by atoms with van der Waals surface area (Å²) in [5, 5.41) is 1.06. The third-order valence-electron chi connectivity index (χ3n) is 2.18. The van der Waals surface area contributed by atoms with Crippen LogP contribution in [0.4, 0.5) is 0 Å². The van der Waals surface area contributed by atoms with E-state index in [1.807, 2.05) is 50.9 Å². The Hall–Kier alpha value is -0.586. The van der Waals surface area contributed by atoms with E-state index in [1.165, 1.54) is 0 Å². The van der Waals surface area contributed by atoms with Gasteiger partial charge in [0.2, 0.25) is 8.32 Å². The third-order valence-corrected chi connectivity index (χ3v) is 5.32. The molecule has 0 aliphatic rings. The lowest BCUT2D eigenvalue weighted by Gasteiger charge is -2.19. The van der Waals surface area contributed by atoms with Crippen LogP contribution in [-0.4, -0.2) is 21.7 Å². The fourth-order valence-electron chi connectivity index (χ4n) is 1.35. The zero-order valence-corrected chi connectivity index (χ0v) is 13.8. The normalized spacial score (nSPS) is 12.4. The molecule has 1 rings (SSSR count). The van der Waals surface area contributed by atoms with Crippen molar-refractivity contribution in [2.75, 3.05) is 0 Å². The Kier molecular flexibility index (Phi) is 4.22. The minimum absolute atomic E-state index is 0.235. The van der Waals surface area contributed by atoms with Gasteiger partial charge in [0.15, 0.2) is 7.38 Å². The molecule has 1 aromatic rings. The van der Waals surface area contributed by atoms with E-state index in [9.17, 15) is 4.79 Å². The molecule has 0 aliphatic heterocycles. The fraction of sp³-hybridized carbons (Fsp3) is 0.417. The first-order valence-corrected chi connectivity index (χ1v) is 13.0. The van der Waals surface area contributed by atoms with Gasteiger partial charge in [-0.1, -0.05) is 25.2 Å². The summed E-state index contributed by atoms with van der Waals surface area (Å²) in [4.78, 5) is 11.9. The Balaban J connectivity index is 2.97. The van der Waals surface area contributed by atoms with Crippen molar-refractivity contribution in [2.24, 2.45) is 0 Å². The molecule has 0 spiro atoms. The maximum Gasteiger partial charge on any atom is 0.324 e. The molecule has 1 aromatic carbocycles. The number of hydrogen-bond acceptors (Lipinski definition) is 2. The molecule has 0 saturated heterocycles. The molecule has 0 N–H and O–H groups in total. The predicted octanol–water partition coefficient (Wildman–Crippen LogP) is 3.33. The standard InChI is InChI=1S/C12H19ClO2Si2/c1-16(2,3)15-12(14)10-7-6-8-11(9-10)17(4,5)13/h6-9H,1-5H3. The van der Waals surface area contributed by atoms with E-state index in [2.05, 4.69) is 0 Å². The molecule has 0 bridgehead atoms. The molecule has 5 heteroatoms. The average molecular weight is 287 g/mol. The zero-order valence-electron chi connectivity index (χ0n) is 11.0. The first-order chi connectivity index (χ1) is 7.59. The molecule has 0 heterocycles. The van der Waals surface area contributed by atoms with Crippen LogP contribution in [0.3, 0.4) is 0 Å². The van der Waals surface area contributed by atoms with Crippen LogP contribution in [0.25, 0.3) is 0 Å². The van der Waals surface area contributed by atoms with Crippen molar-refractivity contribution in [3.8, 4) is 0 Å². The van der Waals surface area contributed by atoms with Gasteiger partial charge < -0.3 is 4.43 Å². The highest BCUT2D eigenvalue weighted by Crippen LogP contribution is 2.12. The van der Waals surface area contributed by atoms with Gasteiger partial charge in [-0.2, -0.15) is 11.1 Å². The van der Waals surface area contributed by atoms with Crippen LogP contribution in [-0.2, 0) is 4.43 Å². The van der Waals surface area contributed by atoms with Gasteiger partial charge >= 0.3 is 5.97 Å². The Morgan fingerprint density at radius 2 is 1.76 bits per heavy atom. The Labute approximate surface area is 110 Å². The minimum Gasteiger partial charge on any atom is -0.516 e. The van der Waals surface area contributed by atoms with Gasteiger partial charge in [-0.15, -0.1) is 0 Å². The van der Waals surface area contributed by atoms with Crippen molar-refractivity contribution in [3.05, 3.63) is 29.8 Å². The topological polar surface area (TPSA) is 26.3 Å². The van der Waals surface area contributed by atoms with Crippen LogP contribution in [0.5, 0.6) is 0 Å². The summed E-state index contributed by atoms with van der Waals surface area (Å²) in [6, 6.07) is 7.49. The molecule has 0 saturated carbocycles. The molecule has 2 nitrogen and oxygen atoms in total. The second-order valence-electron chi connectivity index (χ2n) is 5.56. The summed E-state index contributed by atoms with van der Waals surface area (Å²) in [7, 11) is -3.73. The maximum atomic E-state index is 11.9. The first-order valence-electron chi connectivity index (χ1n) is 5.62. The molecule has 0 aromatic heterocycles. The van der Waals surface area contributed by atoms with Crippen molar-refractivity contribution in [1.29, 1.82) is 0 Å². The van der Waals surface area contributed by atoms with Gasteiger partial charge in [-0.05, 0) is 37.0 Å². The number of carbonyl (C=O) groups is 1. The predicted molar refractivity (Wildman–Crippen MR) is 78.2 cm³/mol. The van der Waals surface area contributed by atoms with Gasteiger partial charge in [0, 0.05) is 0 Å². The summed E-state index contributed by atoms with van der Waals surface area (Å²) in [5.74, 6) is -0.235. The lowest BCUT2D eigenvalue weighted by molar-refractivity contribution is 0.0724. The smallest absolute Gasteiger partial charge is 0.324 e. The van der Waals surface area contributed by atoms with Gasteiger partial charge in [-0.3, -0.25) is 0 Å². The average Bonchev–Trinajstić information content (AvgIpc) is 2.14. The maximum absolute atomic E-state index is 11.9. The largest absolute Gasteiger partial charge is 0.516 e. The molecular formula is C12H19ClO2Si2. The van der Waals surface area contributed by atoms with Crippen LogP contribution in [0, 0.1) is 0 Å². The van der Waals surface area contributed by atoms with Gasteiger partial charge in [0.25, 0.3) is 0 Å². The molecule has 0 fully saturated rings. The van der Waals surface area contributed by atoms with Gasteiger partial charge in [0.1, 0.15) is 0 Å². The van der Waals surface area contributed by atoms with E-state index in [4.69, 9.17) is 15.5 Å². The molecule has 0 amide bonds. The summed E-state index contributed by atoms with van der Waals surface area (Å²) < 4.78 is 5.46. The van der Waals surface area contributed by atoms with Crippen molar-refractivity contribution in [1.82, 2.24) is 0 Å². The fourth-order valence-corrected chi connectivity index (χ4v) is 3.37. The van der Waals surface area contributed by atoms with Crippen LogP contribution >= 0.6 is 11.1 Å². The van der Waals surface area contributed by atoms with E-state index in [1.54, 1.807) is 6.07 Å². The summed E-state index contributed by atoms with van der Waals surface area (Å²) in [5.41, 5.74) is 0.603. The first kappa shape index (κ1) is 14.5. The van der Waals surface area contributed by atoms with E-state index in [-0.39, 0.29) is 5.97 Å². The third kappa shape index (κ3) is 4.65. The number of carbonyl (C=O) groups excluding carboxylic acids is 1. The van der Waals surface area contributed by atoms with Crippen LogP contribution in [0.1, 0.15) is 10.4 Å². The Morgan fingerprint density at radius 3 is 2.24 bits per heavy atom. The summed E-state index contributed by atoms with van der Waals surface area (Å²) >= 11 is 6.36. The van der Waals surface area contributed by atoms with Crippen molar-refractivity contribution >= 4 is 37.9 Å². The monoisotopic (exact) mass is 286 g/mol. The quantitative estimate of drug-likeness (QED) is 0.629. The second-order valence-corrected chi connectivity index (χ2v) is 16.3. The van der Waals surface area contributed by atoms with Crippen molar-refractivity contribution < 1.29 is 9.22 Å². The number of rotatable bonds is 3. The summed E-state index contributed by atoms with van der Waals surface area (Å²) in [6.45, 7) is 10.1. The second kappa shape index (κ2) is 4.96. The SMILES string of the molecule is C[Si](C)(C)OC(=O)c1cccc([Si](C)(C)Cl)c1. The molecular weight excluding hydrogens is 268 g/mol. The van der Waals surface area contributed by atoms with E-state index < -0.39 is 15.7 Å². The molecule has 0 radical (unpaired) electrons. The van der Waals surface area contributed by atoms with Crippen molar-refractivity contribution in [2.45, 2.75) is 32.7 Å². The summed E-state index contributed by atoms with van der Waals surface area (Å²) in [6.07, 6.45) is 0. The van der Waals surface area contributed by atoms with Gasteiger partial charge in [0.05, 0.1) is 5.56 Å². The van der Waals surface area contributed by atoms with Crippen LogP contribution in [0.2, 0.25) is 32.7 Å². The number of hydrogen-bond donors (Lipinski definition) is 0. The van der Waals surface area contributed by atoms with Crippen LogP contribution < -0.4 is 5.19 Å². The molecule has 0 atom stereocenters. The Morgan fingerprint density at radius 1 is 1.18 bits per heavy atom. The Bertz CT molecular complexity index is 419.